The third kappa shape index (κ3) is 8.57. The minimum absolute atomic E-state index is 0.352. The highest BCUT2D eigenvalue weighted by molar-refractivity contribution is 8.02. The van der Waals surface area contributed by atoms with Gasteiger partial charge in [-0.05, 0) is 57.7 Å². The standard InChI is InChI=1S/C22H28O4S2/c1-15(2)21(23)25-11-7-13-27-19-10-9-17(5)18(6)20(19)28-14-8-12-26-22(24)16(3)4/h9-10H,1,3,5-8,11-14H2,2,4H3. The molecule has 0 bridgehead atoms. The minimum atomic E-state index is -0.355. The van der Waals surface area contributed by atoms with E-state index in [1.165, 1.54) is 0 Å². The van der Waals surface area contributed by atoms with Gasteiger partial charge in [0.15, 0.2) is 0 Å². The summed E-state index contributed by atoms with van der Waals surface area (Å²) >= 11 is 3.39. The van der Waals surface area contributed by atoms with Crippen LogP contribution in [0.2, 0.25) is 0 Å². The fourth-order valence-electron chi connectivity index (χ4n) is 1.97. The van der Waals surface area contributed by atoms with E-state index >= 15 is 0 Å². The van der Waals surface area contributed by atoms with Crippen LogP contribution in [-0.4, -0.2) is 36.7 Å². The van der Waals surface area contributed by atoms with Gasteiger partial charge in [0, 0.05) is 32.4 Å². The lowest BCUT2D eigenvalue weighted by Gasteiger charge is -2.14. The molecule has 0 aliphatic heterocycles. The van der Waals surface area contributed by atoms with Crippen LogP contribution in [0.15, 0.2) is 46.2 Å². The number of hydrogen-bond acceptors (Lipinski definition) is 6. The van der Waals surface area contributed by atoms with Gasteiger partial charge < -0.3 is 9.47 Å². The number of ether oxygens (including phenoxy) is 2. The van der Waals surface area contributed by atoms with E-state index < -0.39 is 0 Å². The van der Waals surface area contributed by atoms with Crippen molar-refractivity contribution >= 4 is 35.5 Å². The van der Waals surface area contributed by atoms with E-state index in [0.717, 1.165) is 45.3 Å². The normalized spacial score (nSPS) is 10.4. The number of hydrogen-bond donors (Lipinski definition) is 0. The minimum Gasteiger partial charge on any atom is -0.462 e. The SMILES string of the molecule is [CH2]c1ccc(SCCCOC(=O)C(=C)C)c(SCCCOC(=O)C(=C)C)c1[CH2]. The lowest BCUT2D eigenvalue weighted by atomic mass is 10.1. The predicted molar refractivity (Wildman–Crippen MR) is 118 cm³/mol. The summed E-state index contributed by atoms with van der Waals surface area (Å²) in [5, 5.41) is 0. The van der Waals surface area contributed by atoms with Gasteiger partial charge in [-0.3, -0.25) is 0 Å². The van der Waals surface area contributed by atoms with Crippen LogP contribution in [0.25, 0.3) is 0 Å². The lowest BCUT2D eigenvalue weighted by Crippen LogP contribution is -2.07. The molecule has 28 heavy (non-hydrogen) atoms. The maximum atomic E-state index is 11.4. The quantitative estimate of drug-likeness (QED) is 0.199. The van der Waals surface area contributed by atoms with Crippen molar-refractivity contribution in [1.29, 1.82) is 0 Å². The van der Waals surface area contributed by atoms with E-state index in [0.29, 0.717) is 24.4 Å². The highest BCUT2D eigenvalue weighted by atomic mass is 32.2. The summed E-state index contributed by atoms with van der Waals surface area (Å²) in [5.74, 6) is 0.920. The van der Waals surface area contributed by atoms with Gasteiger partial charge in [0.1, 0.15) is 0 Å². The fraction of sp³-hybridized carbons (Fsp3) is 0.364. The number of rotatable bonds is 12. The summed E-state index contributed by atoms with van der Waals surface area (Å²) < 4.78 is 10.2. The molecule has 0 saturated carbocycles. The number of benzene rings is 1. The molecule has 1 aromatic carbocycles. The molecule has 2 radical (unpaired) electrons. The van der Waals surface area contributed by atoms with Gasteiger partial charge in [-0.1, -0.05) is 19.2 Å². The molecule has 0 spiro atoms. The summed E-state index contributed by atoms with van der Waals surface area (Å²) in [7, 11) is 0. The maximum Gasteiger partial charge on any atom is 0.333 e. The maximum absolute atomic E-state index is 11.4. The molecule has 0 atom stereocenters. The Labute approximate surface area is 177 Å². The van der Waals surface area contributed by atoms with Crippen molar-refractivity contribution in [3.63, 3.8) is 0 Å². The Morgan fingerprint density at radius 3 is 1.89 bits per heavy atom. The Kier molecular flexibility index (Phi) is 11.1. The second-order valence-electron chi connectivity index (χ2n) is 6.27. The molecule has 0 amide bonds. The molecule has 0 unspecified atom stereocenters. The van der Waals surface area contributed by atoms with Crippen molar-refractivity contribution in [2.24, 2.45) is 0 Å². The first-order chi connectivity index (χ1) is 13.2. The molecular formula is C22H28O4S2. The van der Waals surface area contributed by atoms with Crippen molar-refractivity contribution in [2.45, 2.75) is 36.5 Å². The fourth-order valence-corrected chi connectivity index (χ4v) is 4.21. The molecule has 4 nitrogen and oxygen atoms in total. The summed E-state index contributed by atoms with van der Waals surface area (Å²) in [5.41, 5.74) is 2.64. The van der Waals surface area contributed by atoms with Crippen molar-refractivity contribution in [3.8, 4) is 0 Å². The van der Waals surface area contributed by atoms with E-state index in [4.69, 9.17) is 9.47 Å². The van der Waals surface area contributed by atoms with Gasteiger partial charge in [0.2, 0.25) is 0 Å². The molecule has 0 aliphatic rings. The molecule has 0 aromatic heterocycles. The molecule has 6 heteroatoms. The Morgan fingerprint density at radius 2 is 1.39 bits per heavy atom. The monoisotopic (exact) mass is 420 g/mol. The average molecular weight is 421 g/mol. The average Bonchev–Trinajstić information content (AvgIpc) is 2.64. The molecule has 152 valence electrons. The van der Waals surface area contributed by atoms with Crippen LogP contribution in [0.3, 0.4) is 0 Å². The first-order valence-corrected chi connectivity index (χ1v) is 10.9. The van der Waals surface area contributed by atoms with Crippen LogP contribution >= 0.6 is 23.5 Å². The van der Waals surface area contributed by atoms with Crippen LogP contribution in [-0.2, 0) is 19.1 Å². The molecule has 1 rings (SSSR count). The highest BCUT2D eigenvalue weighted by Gasteiger charge is 2.11. The summed E-state index contributed by atoms with van der Waals surface area (Å²) in [4.78, 5) is 25.0. The second kappa shape index (κ2) is 12.7. The van der Waals surface area contributed by atoms with Gasteiger partial charge in [0.05, 0.1) is 13.2 Å². The summed E-state index contributed by atoms with van der Waals surface area (Å²) in [6, 6.07) is 4.01. The lowest BCUT2D eigenvalue weighted by molar-refractivity contribution is -0.139. The number of thioether (sulfide) groups is 2. The molecular weight excluding hydrogens is 392 g/mol. The van der Waals surface area contributed by atoms with Crippen LogP contribution in [0.4, 0.5) is 0 Å². The van der Waals surface area contributed by atoms with E-state index in [1.54, 1.807) is 37.4 Å². The topological polar surface area (TPSA) is 52.6 Å². The van der Waals surface area contributed by atoms with E-state index in [1.807, 2.05) is 12.1 Å². The van der Waals surface area contributed by atoms with Crippen molar-refractivity contribution in [1.82, 2.24) is 0 Å². The van der Waals surface area contributed by atoms with Crippen molar-refractivity contribution in [2.75, 3.05) is 24.7 Å². The first kappa shape index (κ1) is 24.4. The van der Waals surface area contributed by atoms with Crippen molar-refractivity contribution in [3.05, 3.63) is 61.4 Å². The van der Waals surface area contributed by atoms with Gasteiger partial charge in [-0.2, -0.15) is 0 Å². The largest absolute Gasteiger partial charge is 0.462 e. The second-order valence-corrected chi connectivity index (χ2v) is 8.51. The third-order valence-corrected chi connectivity index (χ3v) is 6.09. The molecule has 1 aromatic rings. The zero-order valence-electron chi connectivity index (χ0n) is 16.7. The third-order valence-electron chi connectivity index (χ3n) is 3.57. The molecule has 0 saturated heterocycles. The van der Waals surface area contributed by atoms with Crippen molar-refractivity contribution < 1.29 is 19.1 Å². The van der Waals surface area contributed by atoms with Gasteiger partial charge in [-0.15, -0.1) is 23.5 Å². The smallest absolute Gasteiger partial charge is 0.333 e. The zero-order valence-corrected chi connectivity index (χ0v) is 18.3. The number of carbonyl (C=O) groups excluding carboxylic acids is 2. The molecule has 0 N–H and O–H groups in total. The molecule has 0 heterocycles. The molecule has 0 fully saturated rings. The Hall–Kier alpha value is -1.66. The Morgan fingerprint density at radius 1 is 0.893 bits per heavy atom. The number of esters is 2. The highest BCUT2D eigenvalue weighted by Crippen LogP contribution is 2.35. The first-order valence-electron chi connectivity index (χ1n) is 8.95. The van der Waals surface area contributed by atoms with Gasteiger partial charge in [-0.25, -0.2) is 9.59 Å². The van der Waals surface area contributed by atoms with Gasteiger partial charge >= 0.3 is 11.9 Å². The van der Waals surface area contributed by atoms with Crippen LogP contribution in [0.5, 0.6) is 0 Å². The van der Waals surface area contributed by atoms with E-state index in [-0.39, 0.29) is 11.9 Å². The van der Waals surface area contributed by atoms with E-state index in [2.05, 4.69) is 27.0 Å². The summed E-state index contributed by atoms with van der Waals surface area (Å²) in [6.07, 6.45) is 1.49. The van der Waals surface area contributed by atoms with E-state index in [9.17, 15) is 9.59 Å². The predicted octanol–water partition coefficient (Wildman–Crippen LogP) is 5.25. The van der Waals surface area contributed by atoms with Gasteiger partial charge in [0.25, 0.3) is 0 Å². The Balaban J connectivity index is 2.50. The van der Waals surface area contributed by atoms with Crippen LogP contribution in [0, 0.1) is 13.8 Å². The zero-order chi connectivity index (χ0) is 21.1. The Bertz CT molecular complexity index is 725. The number of carbonyl (C=O) groups is 2. The van der Waals surface area contributed by atoms with Crippen LogP contribution in [0.1, 0.15) is 37.8 Å². The molecule has 0 aliphatic carbocycles. The summed E-state index contributed by atoms with van der Waals surface area (Å²) in [6.45, 7) is 19.3. The van der Waals surface area contributed by atoms with Crippen LogP contribution < -0.4 is 0 Å².